The number of benzene rings is 1. The Kier molecular flexibility index (Phi) is 4.07. The largest absolute Gasteiger partial charge is 0.373 e. The molecule has 2 saturated heterocycles. The quantitative estimate of drug-likeness (QED) is 0.879. The molecular weight excluding hydrogens is 273 g/mol. The van der Waals surface area contributed by atoms with E-state index in [1.165, 1.54) is 6.07 Å². The molecule has 0 aliphatic carbocycles. The van der Waals surface area contributed by atoms with E-state index in [0.717, 1.165) is 25.3 Å². The maximum atomic E-state index is 13.4. The molecule has 6 heteroatoms. The fourth-order valence-corrected chi connectivity index (χ4v) is 3.10. The number of anilines is 1. The molecule has 2 aliphatic heterocycles. The van der Waals surface area contributed by atoms with Crippen LogP contribution in [0, 0.1) is 5.82 Å². The van der Waals surface area contributed by atoms with Crippen molar-refractivity contribution in [2.75, 3.05) is 44.7 Å². The van der Waals surface area contributed by atoms with Crippen LogP contribution in [0.2, 0.25) is 0 Å². The highest BCUT2D eigenvalue weighted by molar-refractivity contribution is 5.77. The van der Waals surface area contributed by atoms with E-state index in [1.54, 1.807) is 19.2 Å². The number of rotatable bonds is 3. The molecule has 0 unspecified atom stereocenters. The highest BCUT2D eigenvalue weighted by Crippen LogP contribution is 2.27. The number of hydrogen-bond acceptors (Lipinski definition) is 4. The van der Waals surface area contributed by atoms with Crippen LogP contribution in [0.25, 0.3) is 0 Å². The first kappa shape index (κ1) is 14.3. The third kappa shape index (κ3) is 3.01. The lowest BCUT2D eigenvalue weighted by atomic mass is 10.1. The van der Waals surface area contributed by atoms with Gasteiger partial charge in [-0.2, -0.15) is 0 Å². The van der Waals surface area contributed by atoms with Crippen LogP contribution in [0.1, 0.15) is 0 Å². The van der Waals surface area contributed by atoms with Crippen LogP contribution in [0.4, 0.5) is 10.1 Å². The number of nitrogens with zero attached hydrogens (tertiary/aromatic N) is 2. The molecule has 2 aliphatic rings. The first-order valence-electron chi connectivity index (χ1n) is 7.24. The van der Waals surface area contributed by atoms with E-state index in [4.69, 9.17) is 4.74 Å². The predicted octanol–water partition coefficient (Wildman–Crippen LogP) is 0.461. The van der Waals surface area contributed by atoms with Crippen LogP contribution < -0.4 is 10.2 Å². The Morgan fingerprint density at radius 1 is 1.48 bits per heavy atom. The number of fused-ring (bicyclic) bond motifs is 1. The number of morpholine rings is 1. The second-order valence-corrected chi connectivity index (χ2v) is 5.51. The van der Waals surface area contributed by atoms with Gasteiger partial charge in [0, 0.05) is 32.4 Å². The SMILES string of the molecule is CNC(=O)CN1CCO[C@@H]2CN(c3cccc(F)c3)C[C@@H]21. The van der Waals surface area contributed by atoms with Crippen molar-refractivity contribution in [3.05, 3.63) is 30.1 Å². The normalized spacial score (nSPS) is 25.7. The molecule has 0 spiro atoms. The zero-order valence-corrected chi connectivity index (χ0v) is 12.1. The number of carbonyl (C=O) groups is 1. The Morgan fingerprint density at radius 2 is 2.33 bits per heavy atom. The molecule has 0 bridgehead atoms. The van der Waals surface area contributed by atoms with Crippen molar-refractivity contribution in [1.82, 2.24) is 10.2 Å². The molecule has 2 atom stereocenters. The van der Waals surface area contributed by atoms with Crippen molar-refractivity contribution in [3.63, 3.8) is 0 Å². The number of nitrogens with one attached hydrogen (secondary N) is 1. The summed E-state index contributed by atoms with van der Waals surface area (Å²) in [7, 11) is 1.65. The van der Waals surface area contributed by atoms with E-state index in [1.807, 2.05) is 6.07 Å². The van der Waals surface area contributed by atoms with Gasteiger partial charge in [-0.05, 0) is 18.2 Å². The van der Waals surface area contributed by atoms with Gasteiger partial charge < -0.3 is 15.0 Å². The zero-order chi connectivity index (χ0) is 14.8. The number of ether oxygens (including phenoxy) is 1. The molecule has 5 nitrogen and oxygen atoms in total. The lowest BCUT2D eigenvalue weighted by Gasteiger charge is -2.35. The summed E-state index contributed by atoms with van der Waals surface area (Å²) >= 11 is 0. The molecule has 1 amide bonds. The van der Waals surface area contributed by atoms with Crippen molar-refractivity contribution >= 4 is 11.6 Å². The van der Waals surface area contributed by atoms with Gasteiger partial charge in [0.25, 0.3) is 0 Å². The van der Waals surface area contributed by atoms with E-state index >= 15 is 0 Å². The zero-order valence-electron chi connectivity index (χ0n) is 12.1. The summed E-state index contributed by atoms with van der Waals surface area (Å²) in [6.45, 7) is 3.27. The van der Waals surface area contributed by atoms with Crippen LogP contribution in [-0.4, -0.2) is 62.8 Å². The van der Waals surface area contributed by atoms with Crippen LogP contribution in [0.15, 0.2) is 24.3 Å². The highest BCUT2D eigenvalue weighted by atomic mass is 19.1. The molecule has 3 rings (SSSR count). The number of carbonyl (C=O) groups excluding carboxylic acids is 1. The molecule has 1 N–H and O–H groups in total. The van der Waals surface area contributed by atoms with Gasteiger partial charge in [-0.3, -0.25) is 9.69 Å². The second-order valence-electron chi connectivity index (χ2n) is 5.51. The second kappa shape index (κ2) is 5.99. The molecule has 21 heavy (non-hydrogen) atoms. The average molecular weight is 293 g/mol. The van der Waals surface area contributed by atoms with Crippen molar-refractivity contribution < 1.29 is 13.9 Å². The third-order valence-corrected chi connectivity index (χ3v) is 4.22. The van der Waals surface area contributed by atoms with Gasteiger partial charge in [0.05, 0.1) is 25.3 Å². The fourth-order valence-electron chi connectivity index (χ4n) is 3.10. The fraction of sp³-hybridized carbons (Fsp3) is 0.533. The number of likely N-dealkylation sites (N-methyl/N-ethyl adjacent to an activating group) is 1. The van der Waals surface area contributed by atoms with Gasteiger partial charge in [-0.1, -0.05) is 6.07 Å². The molecule has 1 aromatic carbocycles. The van der Waals surface area contributed by atoms with E-state index in [-0.39, 0.29) is 23.9 Å². The Hall–Kier alpha value is -1.66. The molecular formula is C15H20FN3O2. The predicted molar refractivity (Wildman–Crippen MR) is 77.8 cm³/mol. The van der Waals surface area contributed by atoms with Crippen molar-refractivity contribution in [2.45, 2.75) is 12.1 Å². The highest BCUT2D eigenvalue weighted by Gasteiger charge is 2.40. The van der Waals surface area contributed by atoms with Crippen molar-refractivity contribution in [2.24, 2.45) is 0 Å². The minimum Gasteiger partial charge on any atom is -0.373 e. The van der Waals surface area contributed by atoms with E-state index in [2.05, 4.69) is 15.1 Å². The van der Waals surface area contributed by atoms with Crippen LogP contribution in [-0.2, 0) is 9.53 Å². The molecule has 114 valence electrons. The maximum absolute atomic E-state index is 13.4. The Bertz CT molecular complexity index is 525. The van der Waals surface area contributed by atoms with E-state index < -0.39 is 0 Å². The Labute approximate surface area is 123 Å². The summed E-state index contributed by atoms with van der Waals surface area (Å²) in [6.07, 6.45) is 0.0756. The van der Waals surface area contributed by atoms with Crippen LogP contribution in [0.5, 0.6) is 0 Å². The summed E-state index contributed by atoms with van der Waals surface area (Å²) in [5, 5.41) is 2.66. The Balaban J connectivity index is 1.72. The maximum Gasteiger partial charge on any atom is 0.233 e. The van der Waals surface area contributed by atoms with Crippen molar-refractivity contribution in [1.29, 1.82) is 0 Å². The molecule has 0 saturated carbocycles. The summed E-state index contributed by atoms with van der Waals surface area (Å²) < 4.78 is 19.2. The Morgan fingerprint density at radius 3 is 3.10 bits per heavy atom. The minimum absolute atomic E-state index is 0.0138. The van der Waals surface area contributed by atoms with Gasteiger partial charge in [-0.25, -0.2) is 4.39 Å². The topological polar surface area (TPSA) is 44.8 Å². The van der Waals surface area contributed by atoms with Gasteiger partial charge in [0.1, 0.15) is 5.82 Å². The standard InChI is InChI=1S/C15H20FN3O2/c1-17-15(20)10-18-5-6-21-14-9-19(8-13(14)18)12-4-2-3-11(16)7-12/h2-4,7,13-14H,5-6,8-10H2,1H3,(H,17,20)/t13-,14+/m0/s1. The molecule has 1 aromatic rings. The molecule has 0 aromatic heterocycles. The molecule has 2 heterocycles. The molecule has 0 radical (unpaired) electrons. The summed E-state index contributed by atoms with van der Waals surface area (Å²) in [6, 6.07) is 6.79. The van der Waals surface area contributed by atoms with Gasteiger partial charge in [-0.15, -0.1) is 0 Å². The minimum atomic E-state index is -0.231. The van der Waals surface area contributed by atoms with E-state index in [9.17, 15) is 9.18 Å². The monoisotopic (exact) mass is 293 g/mol. The first-order valence-corrected chi connectivity index (χ1v) is 7.24. The number of hydrogen-bond donors (Lipinski definition) is 1. The van der Waals surface area contributed by atoms with Gasteiger partial charge in [0.15, 0.2) is 0 Å². The number of amides is 1. The lowest BCUT2D eigenvalue weighted by molar-refractivity contribution is -0.125. The summed E-state index contributed by atoms with van der Waals surface area (Å²) in [4.78, 5) is 15.9. The summed E-state index contributed by atoms with van der Waals surface area (Å²) in [5.74, 6) is -0.217. The third-order valence-electron chi connectivity index (χ3n) is 4.22. The lowest BCUT2D eigenvalue weighted by Crippen LogP contribution is -2.53. The number of halogens is 1. The van der Waals surface area contributed by atoms with Gasteiger partial charge in [0.2, 0.25) is 5.91 Å². The first-order chi connectivity index (χ1) is 10.2. The van der Waals surface area contributed by atoms with Gasteiger partial charge >= 0.3 is 0 Å². The van der Waals surface area contributed by atoms with Crippen LogP contribution in [0.3, 0.4) is 0 Å². The van der Waals surface area contributed by atoms with Crippen molar-refractivity contribution in [3.8, 4) is 0 Å². The molecule has 2 fully saturated rings. The smallest absolute Gasteiger partial charge is 0.233 e. The average Bonchev–Trinajstić information content (AvgIpc) is 2.92. The van der Waals surface area contributed by atoms with Crippen LogP contribution >= 0.6 is 0 Å². The summed E-state index contributed by atoms with van der Waals surface area (Å²) in [5.41, 5.74) is 0.868. The van der Waals surface area contributed by atoms with E-state index in [0.29, 0.717) is 13.2 Å².